The number of hydrogen-bond acceptors (Lipinski definition) is 3. The van der Waals surface area contributed by atoms with Crippen LogP contribution in [-0.4, -0.2) is 42.1 Å². The summed E-state index contributed by atoms with van der Waals surface area (Å²) in [6.45, 7) is 3.96. The molecular weight excluding hydrogens is 252 g/mol. The Morgan fingerprint density at radius 1 is 1.05 bits per heavy atom. The molecule has 4 nitrogen and oxygen atoms in total. The number of likely N-dealkylation sites (tertiary alicyclic amines) is 1. The number of benzene rings is 1. The number of piperidine rings is 1. The summed E-state index contributed by atoms with van der Waals surface area (Å²) in [4.78, 5) is 16.5. The quantitative estimate of drug-likeness (QED) is 0.918. The van der Waals surface area contributed by atoms with Gasteiger partial charge in [0.05, 0.1) is 5.69 Å². The molecule has 0 aliphatic carbocycles. The van der Waals surface area contributed by atoms with Gasteiger partial charge >= 0.3 is 0 Å². The second-order valence-electron chi connectivity index (χ2n) is 5.76. The molecule has 1 fully saturated rings. The summed E-state index contributed by atoms with van der Waals surface area (Å²) in [7, 11) is 0. The van der Waals surface area contributed by atoms with E-state index in [1.165, 1.54) is 24.8 Å². The highest BCUT2D eigenvalue weighted by molar-refractivity contribution is 5.96. The van der Waals surface area contributed by atoms with E-state index in [1.54, 1.807) is 12.1 Å². The fraction of sp³-hybridized carbons (Fsp3) is 0.562. The molecular formula is C16H22N2O2. The van der Waals surface area contributed by atoms with Crippen LogP contribution in [0.3, 0.4) is 0 Å². The summed E-state index contributed by atoms with van der Waals surface area (Å²) < 4.78 is 0. The number of amides is 1. The Kier molecular flexibility index (Phi) is 3.92. The summed E-state index contributed by atoms with van der Waals surface area (Å²) in [5, 5.41) is 9.66. The van der Waals surface area contributed by atoms with Crippen LogP contribution in [0.4, 0.5) is 5.69 Å². The van der Waals surface area contributed by atoms with Crippen LogP contribution in [0, 0.1) is 0 Å². The van der Waals surface area contributed by atoms with E-state index in [9.17, 15) is 9.90 Å². The van der Waals surface area contributed by atoms with Crippen molar-refractivity contribution in [3.63, 3.8) is 0 Å². The zero-order valence-electron chi connectivity index (χ0n) is 11.8. The monoisotopic (exact) mass is 274 g/mol. The summed E-state index contributed by atoms with van der Waals surface area (Å²) in [6.07, 6.45) is 5.24. The van der Waals surface area contributed by atoms with E-state index < -0.39 is 0 Å². The third-order valence-electron chi connectivity index (χ3n) is 4.36. The molecule has 0 spiro atoms. The fourth-order valence-electron chi connectivity index (χ4n) is 3.20. The number of rotatable bonds is 3. The number of nitrogens with zero attached hydrogens (tertiary/aromatic N) is 2. The van der Waals surface area contributed by atoms with E-state index in [4.69, 9.17) is 0 Å². The molecule has 1 amide bonds. The van der Waals surface area contributed by atoms with Crippen LogP contribution in [0.1, 0.15) is 31.2 Å². The van der Waals surface area contributed by atoms with Crippen LogP contribution in [0.25, 0.3) is 0 Å². The third kappa shape index (κ3) is 2.80. The summed E-state index contributed by atoms with van der Waals surface area (Å²) >= 11 is 0. The Balaban J connectivity index is 1.71. The second-order valence-corrected chi connectivity index (χ2v) is 5.76. The van der Waals surface area contributed by atoms with Crippen molar-refractivity contribution < 1.29 is 9.90 Å². The molecule has 0 saturated carbocycles. The fourth-order valence-corrected chi connectivity index (χ4v) is 3.20. The molecule has 2 heterocycles. The van der Waals surface area contributed by atoms with E-state index in [1.807, 2.05) is 11.0 Å². The van der Waals surface area contributed by atoms with Gasteiger partial charge in [0.25, 0.3) is 0 Å². The van der Waals surface area contributed by atoms with E-state index >= 15 is 0 Å². The van der Waals surface area contributed by atoms with Crippen LogP contribution in [0.15, 0.2) is 18.2 Å². The van der Waals surface area contributed by atoms with E-state index in [-0.39, 0.29) is 11.7 Å². The lowest BCUT2D eigenvalue weighted by molar-refractivity contribution is -0.118. The van der Waals surface area contributed by atoms with Crippen LogP contribution >= 0.6 is 0 Å². The molecule has 2 aliphatic heterocycles. The largest absolute Gasteiger partial charge is 0.508 e. The molecule has 4 heteroatoms. The highest BCUT2D eigenvalue weighted by atomic mass is 16.3. The first-order chi connectivity index (χ1) is 9.74. The summed E-state index contributed by atoms with van der Waals surface area (Å²) in [5.41, 5.74) is 2.07. The van der Waals surface area contributed by atoms with Gasteiger partial charge in [0, 0.05) is 25.6 Å². The average Bonchev–Trinajstić information content (AvgIpc) is 2.47. The van der Waals surface area contributed by atoms with Crippen molar-refractivity contribution in [1.29, 1.82) is 0 Å². The molecule has 1 N–H and O–H groups in total. The lowest BCUT2D eigenvalue weighted by atomic mass is 10.0. The van der Waals surface area contributed by atoms with Crippen molar-refractivity contribution in [3.8, 4) is 5.75 Å². The number of aryl methyl sites for hydroxylation is 1. The van der Waals surface area contributed by atoms with Crippen molar-refractivity contribution in [3.05, 3.63) is 23.8 Å². The van der Waals surface area contributed by atoms with Crippen LogP contribution in [0.5, 0.6) is 5.75 Å². The minimum Gasteiger partial charge on any atom is -0.508 e. The number of aromatic hydroxyl groups is 1. The molecule has 0 unspecified atom stereocenters. The Bertz CT molecular complexity index is 495. The molecule has 108 valence electrons. The molecule has 0 aromatic heterocycles. The topological polar surface area (TPSA) is 43.8 Å². The maximum absolute atomic E-state index is 12.2. The maximum Gasteiger partial charge on any atom is 0.227 e. The second kappa shape index (κ2) is 5.83. The van der Waals surface area contributed by atoms with Crippen molar-refractivity contribution in [2.24, 2.45) is 0 Å². The minimum absolute atomic E-state index is 0.181. The maximum atomic E-state index is 12.2. The number of hydrogen-bond donors (Lipinski definition) is 1. The average molecular weight is 274 g/mol. The summed E-state index contributed by atoms with van der Waals surface area (Å²) in [6, 6.07) is 5.37. The van der Waals surface area contributed by atoms with Gasteiger partial charge in [-0.05, 0) is 44.0 Å². The standard InChI is InChI=1S/C16H22N2O2/c19-14-6-4-13-5-7-16(20)18(15(13)12-14)11-10-17-8-2-1-3-9-17/h4,6,12,19H,1-3,5,7-11H2. The minimum atomic E-state index is 0.181. The number of phenols is 1. The Morgan fingerprint density at radius 2 is 1.85 bits per heavy atom. The molecule has 1 saturated heterocycles. The number of carbonyl (C=O) groups excluding carboxylic acids is 1. The molecule has 1 aromatic carbocycles. The first-order valence-electron chi connectivity index (χ1n) is 7.58. The van der Waals surface area contributed by atoms with Gasteiger partial charge in [-0.2, -0.15) is 0 Å². The SMILES string of the molecule is O=C1CCc2ccc(O)cc2N1CCN1CCCCC1. The smallest absolute Gasteiger partial charge is 0.227 e. The van der Waals surface area contributed by atoms with Gasteiger partial charge in [0.1, 0.15) is 5.75 Å². The van der Waals surface area contributed by atoms with Gasteiger partial charge in [-0.15, -0.1) is 0 Å². The van der Waals surface area contributed by atoms with Gasteiger partial charge in [0.15, 0.2) is 0 Å². The van der Waals surface area contributed by atoms with Gasteiger partial charge in [0.2, 0.25) is 5.91 Å². The normalized spacial score (nSPS) is 20.0. The highest BCUT2D eigenvalue weighted by Crippen LogP contribution is 2.31. The summed E-state index contributed by atoms with van der Waals surface area (Å²) in [5.74, 6) is 0.418. The first kappa shape index (κ1) is 13.4. The van der Waals surface area contributed by atoms with Crippen LogP contribution in [0.2, 0.25) is 0 Å². The Labute approximate surface area is 120 Å². The zero-order chi connectivity index (χ0) is 13.9. The lowest BCUT2D eigenvalue weighted by Gasteiger charge is -2.33. The first-order valence-corrected chi connectivity index (χ1v) is 7.58. The molecule has 2 aliphatic rings. The highest BCUT2D eigenvalue weighted by Gasteiger charge is 2.25. The van der Waals surface area contributed by atoms with Crippen molar-refractivity contribution in [2.45, 2.75) is 32.1 Å². The predicted octanol–water partition coefficient (Wildman–Crippen LogP) is 2.16. The van der Waals surface area contributed by atoms with Gasteiger partial charge in [-0.25, -0.2) is 0 Å². The molecule has 0 bridgehead atoms. The van der Waals surface area contributed by atoms with Crippen LogP contribution < -0.4 is 4.90 Å². The van der Waals surface area contributed by atoms with Gasteiger partial charge < -0.3 is 14.9 Å². The van der Waals surface area contributed by atoms with Crippen molar-refractivity contribution >= 4 is 11.6 Å². The Morgan fingerprint density at radius 3 is 2.65 bits per heavy atom. The Hall–Kier alpha value is -1.55. The van der Waals surface area contributed by atoms with E-state index in [0.29, 0.717) is 6.42 Å². The van der Waals surface area contributed by atoms with E-state index in [0.717, 1.165) is 38.3 Å². The van der Waals surface area contributed by atoms with Crippen LogP contribution in [-0.2, 0) is 11.2 Å². The number of phenolic OH excluding ortho intramolecular Hbond substituents is 1. The molecule has 0 radical (unpaired) electrons. The molecule has 3 rings (SSSR count). The third-order valence-corrected chi connectivity index (χ3v) is 4.36. The number of anilines is 1. The zero-order valence-corrected chi connectivity index (χ0v) is 11.8. The number of fused-ring (bicyclic) bond motifs is 1. The van der Waals surface area contributed by atoms with Crippen molar-refractivity contribution in [1.82, 2.24) is 4.90 Å². The molecule has 20 heavy (non-hydrogen) atoms. The predicted molar refractivity (Wildman–Crippen MR) is 79.1 cm³/mol. The molecule has 1 aromatic rings. The molecule has 0 atom stereocenters. The van der Waals surface area contributed by atoms with Gasteiger partial charge in [-0.1, -0.05) is 12.5 Å². The number of carbonyl (C=O) groups is 1. The van der Waals surface area contributed by atoms with Crippen molar-refractivity contribution in [2.75, 3.05) is 31.1 Å². The van der Waals surface area contributed by atoms with E-state index in [2.05, 4.69) is 4.90 Å². The van der Waals surface area contributed by atoms with Gasteiger partial charge in [-0.3, -0.25) is 4.79 Å². The lowest BCUT2D eigenvalue weighted by Crippen LogP contribution is -2.42.